The lowest BCUT2D eigenvalue weighted by molar-refractivity contribution is -0.138. The Kier molecular flexibility index (Phi) is 5.88. The molecule has 7 heteroatoms. The summed E-state index contributed by atoms with van der Waals surface area (Å²) in [7, 11) is 0. The Hall–Kier alpha value is -2.41. The number of benzene rings is 1. The van der Waals surface area contributed by atoms with Crippen LogP contribution in [-0.2, 0) is 16.1 Å². The average molecular weight is 374 g/mol. The molecule has 1 atom stereocenters. The summed E-state index contributed by atoms with van der Waals surface area (Å²) >= 11 is 1.55. The Morgan fingerprint density at radius 1 is 1.27 bits per heavy atom. The van der Waals surface area contributed by atoms with E-state index in [2.05, 4.69) is 4.98 Å². The Labute approximate surface area is 156 Å². The molecule has 0 saturated carbocycles. The summed E-state index contributed by atoms with van der Waals surface area (Å²) < 4.78 is 11.1. The molecule has 1 aliphatic heterocycles. The summed E-state index contributed by atoms with van der Waals surface area (Å²) in [6.45, 7) is 5.27. The molecule has 2 aromatic rings. The zero-order chi connectivity index (χ0) is 18.5. The Morgan fingerprint density at radius 3 is 2.69 bits per heavy atom. The molecule has 1 aliphatic rings. The average Bonchev–Trinajstić information content (AvgIpc) is 3.31. The van der Waals surface area contributed by atoms with E-state index in [0.717, 1.165) is 36.6 Å². The maximum atomic E-state index is 12.5. The van der Waals surface area contributed by atoms with Crippen molar-refractivity contribution in [3.8, 4) is 5.75 Å². The fourth-order valence-electron chi connectivity index (χ4n) is 2.86. The normalized spacial score (nSPS) is 14.9. The van der Waals surface area contributed by atoms with Gasteiger partial charge >= 0.3 is 5.97 Å². The van der Waals surface area contributed by atoms with Crippen molar-refractivity contribution in [1.29, 1.82) is 0 Å². The number of amides is 1. The number of carbonyl (C=O) groups is 2. The molecule has 0 radical (unpaired) electrons. The summed E-state index contributed by atoms with van der Waals surface area (Å²) in [5.41, 5.74) is 1.12. The van der Waals surface area contributed by atoms with Crippen LogP contribution in [0.15, 0.2) is 29.6 Å². The predicted octanol–water partition coefficient (Wildman–Crippen LogP) is 3.20. The monoisotopic (exact) mass is 374 g/mol. The lowest BCUT2D eigenvalue weighted by atomic mass is 10.2. The third-order valence-electron chi connectivity index (χ3n) is 4.20. The molecular formula is C19H22N2O4S. The van der Waals surface area contributed by atoms with Crippen LogP contribution in [0.3, 0.4) is 0 Å². The molecule has 2 heterocycles. The van der Waals surface area contributed by atoms with Gasteiger partial charge in [-0.25, -0.2) is 9.78 Å². The number of hydrogen-bond donors (Lipinski definition) is 0. The molecule has 1 saturated heterocycles. The van der Waals surface area contributed by atoms with E-state index in [1.807, 2.05) is 12.3 Å². The molecule has 0 spiro atoms. The van der Waals surface area contributed by atoms with Crippen molar-refractivity contribution in [2.75, 3.05) is 13.1 Å². The van der Waals surface area contributed by atoms with Crippen LogP contribution in [0.5, 0.6) is 5.75 Å². The highest BCUT2D eigenvalue weighted by Crippen LogP contribution is 2.22. The van der Waals surface area contributed by atoms with Gasteiger partial charge in [0, 0.05) is 18.5 Å². The van der Waals surface area contributed by atoms with E-state index in [9.17, 15) is 9.59 Å². The number of ether oxygens (including phenoxy) is 2. The maximum absolute atomic E-state index is 12.5. The van der Waals surface area contributed by atoms with Crippen LogP contribution >= 0.6 is 11.3 Å². The molecule has 26 heavy (non-hydrogen) atoms. The first kappa shape index (κ1) is 18.4. The number of hydrogen-bond acceptors (Lipinski definition) is 6. The molecule has 1 amide bonds. The zero-order valence-electron chi connectivity index (χ0n) is 14.9. The summed E-state index contributed by atoms with van der Waals surface area (Å²) in [5, 5.41) is 2.89. The van der Waals surface area contributed by atoms with Gasteiger partial charge in [0.15, 0.2) is 6.10 Å². The fourth-order valence-corrected chi connectivity index (χ4v) is 3.45. The van der Waals surface area contributed by atoms with E-state index in [4.69, 9.17) is 9.47 Å². The van der Waals surface area contributed by atoms with Crippen molar-refractivity contribution in [2.24, 2.45) is 0 Å². The summed E-state index contributed by atoms with van der Waals surface area (Å²) in [4.78, 5) is 30.9. The van der Waals surface area contributed by atoms with Crippen LogP contribution < -0.4 is 4.74 Å². The molecule has 0 N–H and O–H groups in total. The van der Waals surface area contributed by atoms with Gasteiger partial charge in [-0.2, -0.15) is 0 Å². The topological polar surface area (TPSA) is 68.7 Å². The zero-order valence-corrected chi connectivity index (χ0v) is 15.8. The first-order valence-corrected chi connectivity index (χ1v) is 9.55. The second-order valence-corrected chi connectivity index (χ2v) is 7.28. The molecule has 1 aromatic carbocycles. The first-order chi connectivity index (χ1) is 12.5. The molecule has 138 valence electrons. The quantitative estimate of drug-likeness (QED) is 0.727. The summed E-state index contributed by atoms with van der Waals surface area (Å²) in [6.07, 6.45) is 1.19. The first-order valence-electron chi connectivity index (χ1n) is 8.67. The number of likely N-dealkylation sites (tertiary alicyclic amines) is 1. The van der Waals surface area contributed by atoms with Crippen molar-refractivity contribution in [1.82, 2.24) is 9.88 Å². The van der Waals surface area contributed by atoms with Gasteiger partial charge in [-0.15, -0.1) is 11.3 Å². The van der Waals surface area contributed by atoms with Crippen LogP contribution in [0.4, 0.5) is 0 Å². The molecule has 3 rings (SSSR count). The fraction of sp³-hybridized carbons (Fsp3) is 0.421. The Bertz CT molecular complexity index is 783. The van der Waals surface area contributed by atoms with Gasteiger partial charge < -0.3 is 14.4 Å². The minimum absolute atomic E-state index is 0.146. The van der Waals surface area contributed by atoms with Gasteiger partial charge in [0.25, 0.3) is 5.91 Å². The second kappa shape index (κ2) is 8.31. The van der Waals surface area contributed by atoms with E-state index in [-0.39, 0.29) is 12.5 Å². The molecule has 1 fully saturated rings. The number of nitrogens with zero attached hydrogens (tertiary/aromatic N) is 2. The second-order valence-electron chi connectivity index (χ2n) is 6.22. The number of thiazole rings is 1. The lowest BCUT2D eigenvalue weighted by Crippen LogP contribution is -2.38. The number of para-hydroxylation sites is 1. The van der Waals surface area contributed by atoms with Crippen LogP contribution in [0.1, 0.15) is 40.8 Å². The van der Waals surface area contributed by atoms with E-state index >= 15 is 0 Å². The molecule has 0 aliphatic carbocycles. The van der Waals surface area contributed by atoms with Crippen molar-refractivity contribution in [2.45, 2.75) is 39.4 Å². The minimum Gasteiger partial charge on any atom is -0.486 e. The van der Waals surface area contributed by atoms with E-state index in [0.29, 0.717) is 11.3 Å². The smallest absolute Gasteiger partial charge is 0.342 e. The van der Waals surface area contributed by atoms with Crippen LogP contribution in [0, 0.1) is 6.92 Å². The number of carbonyl (C=O) groups excluding carboxylic acids is 2. The van der Waals surface area contributed by atoms with Gasteiger partial charge in [0.1, 0.15) is 17.9 Å². The molecular weight excluding hydrogens is 352 g/mol. The van der Waals surface area contributed by atoms with E-state index in [1.165, 1.54) is 0 Å². The number of esters is 1. The highest BCUT2D eigenvalue weighted by molar-refractivity contribution is 7.09. The van der Waals surface area contributed by atoms with Crippen LogP contribution in [0.2, 0.25) is 0 Å². The van der Waals surface area contributed by atoms with Gasteiger partial charge in [0.2, 0.25) is 0 Å². The maximum Gasteiger partial charge on any atom is 0.342 e. The van der Waals surface area contributed by atoms with Crippen molar-refractivity contribution < 1.29 is 19.1 Å². The minimum atomic E-state index is -0.810. The Balaban J connectivity index is 1.64. The lowest BCUT2D eigenvalue weighted by Gasteiger charge is -2.20. The van der Waals surface area contributed by atoms with E-state index in [1.54, 1.807) is 47.4 Å². The van der Waals surface area contributed by atoms with Crippen molar-refractivity contribution in [3.63, 3.8) is 0 Å². The van der Waals surface area contributed by atoms with Crippen molar-refractivity contribution in [3.05, 3.63) is 45.9 Å². The van der Waals surface area contributed by atoms with E-state index < -0.39 is 12.1 Å². The van der Waals surface area contributed by atoms with Crippen LogP contribution in [-0.4, -0.2) is 41.0 Å². The molecule has 6 nitrogen and oxygen atoms in total. The number of aromatic nitrogens is 1. The van der Waals surface area contributed by atoms with Gasteiger partial charge in [-0.3, -0.25) is 4.79 Å². The summed E-state index contributed by atoms with van der Waals surface area (Å²) in [6, 6.07) is 6.88. The van der Waals surface area contributed by atoms with Crippen LogP contribution in [0.25, 0.3) is 0 Å². The SMILES string of the molecule is Cc1nc(COc2ccccc2C(=O)O[C@H](C)C(=O)N2CCCC2)cs1. The van der Waals surface area contributed by atoms with Gasteiger partial charge in [-0.05, 0) is 38.8 Å². The molecule has 1 aromatic heterocycles. The standard InChI is InChI=1S/C19H22N2O4S/c1-13(18(22)21-9-5-6-10-21)25-19(23)16-7-3-4-8-17(16)24-11-15-12-26-14(2)20-15/h3-4,7-8,12-13H,5-6,9-11H2,1-2H3/t13-/m1/s1. The highest BCUT2D eigenvalue weighted by Gasteiger charge is 2.27. The Morgan fingerprint density at radius 2 is 2.00 bits per heavy atom. The van der Waals surface area contributed by atoms with Crippen molar-refractivity contribution >= 4 is 23.2 Å². The summed E-state index contributed by atoms with van der Waals surface area (Å²) in [5.74, 6) is -0.286. The molecule has 0 bridgehead atoms. The third kappa shape index (κ3) is 4.40. The molecule has 0 unspecified atom stereocenters. The van der Waals surface area contributed by atoms with Gasteiger partial charge in [-0.1, -0.05) is 12.1 Å². The number of aryl methyl sites for hydroxylation is 1. The largest absolute Gasteiger partial charge is 0.486 e. The van der Waals surface area contributed by atoms with Gasteiger partial charge in [0.05, 0.1) is 10.7 Å². The predicted molar refractivity (Wildman–Crippen MR) is 98.3 cm³/mol. The number of rotatable bonds is 6. The highest BCUT2D eigenvalue weighted by atomic mass is 32.1. The third-order valence-corrected chi connectivity index (χ3v) is 5.02.